The van der Waals surface area contributed by atoms with Gasteiger partial charge >= 0.3 is 0 Å². The molecule has 0 bridgehead atoms. The van der Waals surface area contributed by atoms with E-state index in [0.29, 0.717) is 18.0 Å². The van der Waals surface area contributed by atoms with Crippen LogP contribution in [0.2, 0.25) is 0 Å². The van der Waals surface area contributed by atoms with Gasteiger partial charge in [0.15, 0.2) is 0 Å². The van der Waals surface area contributed by atoms with Gasteiger partial charge in [-0.2, -0.15) is 4.31 Å². The lowest BCUT2D eigenvalue weighted by Crippen LogP contribution is -2.52. The fraction of sp³-hybridized carbons (Fsp3) is 0.692. The van der Waals surface area contributed by atoms with Gasteiger partial charge in [0.25, 0.3) is 0 Å². The largest absolute Gasteiger partial charge is 0.312 e. The maximum absolute atomic E-state index is 12.8. The zero-order chi connectivity index (χ0) is 14.8. The molecule has 1 aliphatic heterocycles. The number of rotatable bonds is 5. The summed E-state index contributed by atoms with van der Waals surface area (Å²) in [7, 11) is -1.35. The molecule has 114 valence electrons. The lowest BCUT2D eigenvalue weighted by atomic mass is 10.2. The van der Waals surface area contributed by atoms with E-state index in [1.54, 1.807) is 10.4 Å². The van der Waals surface area contributed by atoms with Crippen LogP contribution in [0.5, 0.6) is 0 Å². The average Bonchev–Trinajstić information content (AvgIpc) is 2.84. The molecule has 0 aromatic carbocycles. The second-order valence-corrected chi connectivity index (χ2v) is 8.08. The molecule has 2 rings (SSSR count). The first-order valence-electron chi connectivity index (χ1n) is 6.94. The first-order valence-corrected chi connectivity index (χ1v) is 9.26. The van der Waals surface area contributed by atoms with Crippen LogP contribution in [-0.4, -0.2) is 56.9 Å². The van der Waals surface area contributed by atoms with Gasteiger partial charge < -0.3 is 10.2 Å². The molecule has 1 aromatic rings. The summed E-state index contributed by atoms with van der Waals surface area (Å²) in [6, 6.07) is 1.75. The quantitative estimate of drug-likeness (QED) is 0.886. The zero-order valence-corrected chi connectivity index (χ0v) is 13.9. The molecule has 2 heterocycles. The highest BCUT2D eigenvalue weighted by molar-refractivity contribution is 7.89. The van der Waals surface area contributed by atoms with Gasteiger partial charge in [0.05, 0.1) is 4.90 Å². The van der Waals surface area contributed by atoms with E-state index < -0.39 is 10.0 Å². The molecule has 1 unspecified atom stereocenters. The average molecular weight is 317 g/mol. The van der Waals surface area contributed by atoms with Crippen LogP contribution >= 0.6 is 11.3 Å². The van der Waals surface area contributed by atoms with E-state index in [1.807, 2.05) is 26.3 Å². The van der Waals surface area contributed by atoms with Gasteiger partial charge in [-0.25, -0.2) is 8.42 Å². The fourth-order valence-corrected chi connectivity index (χ4v) is 5.53. The van der Waals surface area contributed by atoms with Gasteiger partial charge in [-0.1, -0.05) is 6.92 Å². The Kier molecular flexibility index (Phi) is 5.19. The predicted octanol–water partition coefficient (Wildman–Crippen LogP) is 1.18. The predicted molar refractivity (Wildman–Crippen MR) is 82.6 cm³/mol. The number of nitrogens with zero attached hydrogens (tertiary/aromatic N) is 2. The monoisotopic (exact) mass is 317 g/mol. The smallest absolute Gasteiger partial charge is 0.244 e. The molecule has 0 radical (unpaired) electrons. The minimum Gasteiger partial charge on any atom is -0.312 e. The molecule has 0 aliphatic carbocycles. The summed E-state index contributed by atoms with van der Waals surface area (Å²) in [4.78, 5) is 3.54. The molecule has 0 spiro atoms. The summed E-state index contributed by atoms with van der Waals surface area (Å²) < 4.78 is 27.3. The van der Waals surface area contributed by atoms with Crippen LogP contribution in [-0.2, 0) is 16.6 Å². The van der Waals surface area contributed by atoms with E-state index in [1.165, 1.54) is 11.3 Å². The van der Waals surface area contributed by atoms with Crippen molar-refractivity contribution in [2.75, 3.05) is 33.2 Å². The van der Waals surface area contributed by atoms with Crippen molar-refractivity contribution in [1.82, 2.24) is 14.5 Å². The number of hydrogen-bond donors (Lipinski definition) is 1. The van der Waals surface area contributed by atoms with Crippen molar-refractivity contribution in [2.24, 2.45) is 0 Å². The third-order valence-corrected chi connectivity index (χ3v) is 6.74. The number of thiophene rings is 1. The molecule has 5 nitrogen and oxygen atoms in total. The van der Waals surface area contributed by atoms with E-state index in [0.717, 1.165) is 24.5 Å². The van der Waals surface area contributed by atoms with Crippen molar-refractivity contribution in [1.29, 1.82) is 0 Å². The van der Waals surface area contributed by atoms with Crippen LogP contribution in [0.4, 0.5) is 0 Å². The summed E-state index contributed by atoms with van der Waals surface area (Å²) in [6.07, 6.45) is 0. The van der Waals surface area contributed by atoms with Gasteiger partial charge in [-0.05, 0) is 32.0 Å². The van der Waals surface area contributed by atoms with Crippen molar-refractivity contribution >= 4 is 21.4 Å². The SMILES string of the molecule is CCNCc1sccc1S(=O)(=O)N1CCN(C)CC1C. The maximum Gasteiger partial charge on any atom is 0.244 e. The first-order chi connectivity index (χ1) is 9.46. The number of nitrogens with one attached hydrogen (secondary N) is 1. The zero-order valence-electron chi connectivity index (χ0n) is 12.3. The lowest BCUT2D eigenvalue weighted by Gasteiger charge is -2.37. The Balaban J connectivity index is 2.24. The minimum absolute atomic E-state index is 0.0191. The Morgan fingerprint density at radius 1 is 1.45 bits per heavy atom. The van der Waals surface area contributed by atoms with Gasteiger partial charge in [-0.3, -0.25) is 0 Å². The van der Waals surface area contributed by atoms with Crippen molar-refractivity contribution in [3.8, 4) is 0 Å². The highest BCUT2D eigenvalue weighted by Gasteiger charge is 2.34. The van der Waals surface area contributed by atoms with Gasteiger partial charge in [0.2, 0.25) is 10.0 Å². The van der Waals surface area contributed by atoms with Crippen LogP contribution in [0.1, 0.15) is 18.7 Å². The Morgan fingerprint density at radius 2 is 2.20 bits per heavy atom. The Morgan fingerprint density at radius 3 is 2.85 bits per heavy atom. The van der Waals surface area contributed by atoms with E-state index in [-0.39, 0.29) is 6.04 Å². The van der Waals surface area contributed by atoms with Crippen LogP contribution < -0.4 is 5.32 Å². The molecular weight excluding hydrogens is 294 g/mol. The molecular formula is C13H23N3O2S2. The highest BCUT2D eigenvalue weighted by Crippen LogP contribution is 2.27. The summed E-state index contributed by atoms with van der Waals surface area (Å²) in [5.41, 5.74) is 0. The Hall–Kier alpha value is -0.470. The summed E-state index contributed by atoms with van der Waals surface area (Å²) >= 11 is 1.50. The Bertz CT molecular complexity index is 542. The standard InChI is InChI=1S/C13H23N3O2S2/c1-4-14-9-12-13(5-8-19-12)20(17,18)16-7-6-15(3)10-11(16)2/h5,8,11,14H,4,6-7,9-10H2,1-3H3. The minimum atomic E-state index is -3.38. The van der Waals surface area contributed by atoms with E-state index in [4.69, 9.17) is 0 Å². The summed E-state index contributed by atoms with van der Waals surface area (Å²) in [5.74, 6) is 0. The van der Waals surface area contributed by atoms with Crippen LogP contribution in [0, 0.1) is 0 Å². The maximum atomic E-state index is 12.8. The van der Waals surface area contributed by atoms with Crippen LogP contribution in [0.3, 0.4) is 0 Å². The molecule has 7 heteroatoms. The molecule has 0 amide bonds. The second-order valence-electron chi connectivity index (χ2n) is 5.22. The van der Waals surface area contributed by atoms with E-state index in [9.17, 15) is 8.42 Å². The number of likely N-dealkylation sites (N-methyl/N-ethyl adjacent to an activating group) is 1. The van der Waals surface area contributed by atoms with Crippen molar-refractivity contribution in [3.63, 3.8) is 0 Å². The lowest BCUT2D eigenvalue weighted by molar-refractivity contribution is 0.170. The number of piperazine rings is 1. The molecule has 1 saturated heterocycles. The van der Waals surface area contributed by atoms with Crippen molar-refractivity contribution < 1.29 is 8.42 Å². The van der Waals surface area contributed by atoms with Crippen LogP contribution in [0.25, 0.3) is 0 Å². The molecule has 1 aliphatic rings. The van der Waals surface area contributed by atoms with E-state index >= 15 is 0 Å². The molecule has 1 N–H and O–H groups in total. The second kappa shape index (κ2) is 6.53. The molecule has 1 aromatic heterocycles. The van der Waals surface area contributed by atoms with Gasteiger partial charge in [-0.15, -0.1) is 11.3 Å². The molecule has 20 heavy (non-hydrogen) atoms. The van der Waals surface area contributed by atoms with E-state index in [2.05, 4.69) is 10.2 Å². The van der Waals surface area contributed by atoms with Crippen molar-refractivity contribution in [3.05, 3.63) is 16.3 Å². The van der Waals surface area contributed by atoms with Gasteiger partial charge in [0.1, 0.15) is 0 Å². The molecule has 1 fully saturated rings. The molecule has 1 atom stereocenters. The molecule has 0 saturated carbocycles. The summed E-state index contributed by atoms with van der Waals surface area (Å²) in [6.45, 7) is 7.58. The number of sulfonamides is 1. The summed E-state index contributed by atoms with van der Waals surface area (Å²) in [5, 5.41) is 5.06. The van der Waals surface area contributed by atoms with Crippen LogP contribution in [0.15, 0.2) is 16.3 Å². The first kappa shape index (κ1) is 15.9. The van der Waals surface area contributed by atoms with Crippen molar-refractivity contribution in [2.45, 2.75) is 31.3 Å². The topological polar surface area (TPSA) is 52.7 Å². The third kappa shape index (κ3) is 3.23. The highest BCUT2D eigenvalue weighted by atomic mass is 32.2. The normalized spacial score (nSPS) is 22.2. The van der Waals surface area contributed by atoms with Gasteiger partial charge in [0, 0.05) is 37.1 Å². The third-order valence-electron chi connectivity index (χ3n) is 3.60. The Labute approximate surface area is 125 Å². The number of hydrogen-bond acceptors (Lipinski definition) is 5. The fourth-order valence-electron chi connectivity index (χ4n) is 2.53.